The van der Waals surface area contributed by atoms with Crippen LogP contribution in [0.3, 0.4) is 0 Å². The van der Waals surface area contributed by atoms with Crippen LogP contribution in [0, 0.1) is 0 Å². The van der Waals surface area contributed by atoms with Crippen LogP contribution in [0.2, 0.25) is 0 Å². The molecule has 0 radical (unpaired) electrons. The van der Waals surface area contributed by atoms with E-state index in [1.807, 2.05) is 55.5 Å². The van der Waals surface area contributed by atoms with E-state index < -0.39 is 6.10 Å². The number of carbonyl (C=O) groups is 2. The van der Waals surface area contributed by atoms with E-state index in [1.165, 1.54) is 6.20 Å². The van der Waals surface area contributed by atoms with Crippen molar-refractivity contribution in [3.8, 4) is 5.75 Å². The highest BCUT2D eigenvalue weighted by molar-refractivity contribution is 5.94. The van der Waals surface area contributed by atoms with Gasteiger partial charge in [0, 0.05) is 47.4 Å². The molecule has 0 bridgehead atoms. The van der Waals surface area contributed by atoms with Crippen LogP contribution in [0.15, 0.2) is 67.0 Å². The molecule has 1 N–H and O–H groups in total. The Kier molecular flexibility index (Phi) is 5.75. The van der Waals surface area contributed by atoms with Crippen molar-refractivity contribution in [2.75, 3.05) is 19.6 Å². The zero-order valence-corrected chi connectivity index (χ0v) is 17.6. The minimum Gasteiger partial charge on any atom is -0.480 e. The lowest BCUT2D eigenvalue weighted by Crippen LogP contribution is -2.57. The molecule has 7 nitrogen and oxygen atoms in total. The highest BCUT2D eigenvalue weighted by atomic mass is 16.5. The number of fused-ring (bicyclic) bond motifs is 1. The molecule has 2 aromatic carbocycles. The van der Waals surface area contributed by atoms with Gasteiger partial charge < -0.3 is 14.5 Å². The second kappa shape index (κ2) is 8.63. The molecule has 160 valence electrons. The third kappa shape index (κ3) is 4.30. The van der Waals surface area contributed by atoms with Gasteiger partial charge in [-0.05, 0) is 38.1 Å². The van der Waals surface area contributed by atoms with Crippen molar-refractivity contribution in [1.29, 1.82) is 0 Å². The van der Waals surface area contributed by atoms with Crippen molar-refractivity contribution < 1.29 is 24.3 Å². The normalized spacial score (nSPS) is 17.4. The molecule has 0 unspecified atom stereocenters. The van der Waals surface area contributed by atoms with Crippen LogP contribution in [0.5, 0.6) is 5.75 Å². The predicted molar refractivity (Wildman–Crippen MR) is 115 cm³/mol. The summed E-state index contributed by atoms with van der Waals surface area (Å²) in [6.07, 6.45) is 2.43. The number of carbonyl (C=O) groups excluding carboxylic acids is 2. The number of ether oxygens (including phenoxy) is 1. The molecule has 1 aromatic heterocycles. The van der Waals surface area contributed by atoms with Gasteiger partial charge in [-0.2, -0.15) is 0 Å². The fourth-order valence-electron chi connectivity index (χ4n) is 4.00. The second-order valence-corrected chi connectivity index (χ2v) is 7.84. The summed E-state index contributed by atoms with van der Waals surface area (Å²) in [5.74, 6) is 0.467. The lowest BCUT2D eigenvalue weighted by molar-refractivity contribution is -0.903. The Morgan fingerprint density at radius 2 is 1.87 bits per heavy atom. The minimum atomic E-state index is -0.675. The van der Waals surface area contributed by atoms with E-state index in [-0.39, 0.29) is 17.9 Å². The molecule has 1 fully saturated rings. The van der Waals surface area contributed by atoms with Crippen LogP contribution in [0.25, 0.3) is 10.8 Å². The number of hydrogen-bond donors (Lipinski definition) is 1. The number of rotatable bonds is 4. The average molecular weight is 420 g/mol. The van der Waals surface area contributed by atoms with Crippen molar-refractivity contribution in [2.24, 2.45) is 0 Å². The van der Waals surface area contributed by atoms with Gasteiger partial charge in [0.2, 0.25) is 12.4 Å². The third-order valence-corrected chi connectivity index (χ3v) is 5.64. The number of benzene rings is 2. The summed E-state index contributed by atoms with van der Waals surface area (Å²) in [4.78, 5) is 29.4. The molecule has 0 aliphatic carbocycles. The zero-order valence-electron chi connectivity index (χ0n) is 17.6. The molecule has 4 rings (SSSR count). The standard InChI is InChI=1S/C24H26N3O4/c1-17-15-25(24(29)19-7-4-3-5-8-19)13-14-27(17)23(28)18(2)31-22-10-6-9-20-16-26(30)12-11-21(20)22/h3-12,16-18,30H,13-15H2,1-2H3/q+1/t17-,18+/m1/s1. The van der Waals surface area contributed by atoms with Crippen molar-refractivity contribution in [1.82, 2.24) is 9.80 Å². The van der Waals surface area contributed by atoms with Gasteiger partial charge in [0.1, 0.15) is 5.75 Å². The van der Waals surface area contributed by atoms with E-state index in [0.29, 0.717) is 30.9 Å². The Balaban J connectivity index is 1.42. The number of aromatic nitrogens is 1. The summed E-state index contributed by atoms with van der Waals surface area (Å²) in [6, 6.07) is 16.3. The zero-order chi connectivity index (χ0) is 22.0. The fraction of sp³-hybridized carbons (Fsp3) is 0.292. The smallest absolute Gasteiger partial charge is 0.263 e. The van der Waals surface area contributed by atoms with Crippen LogP contribution in [-0.4, -0.2) is 58.6 Å². The summed E-state index contributed by atoms with van der Waals surface area (Å²) in [6.45, 7) is 5.13. The molecule has 2 atom stereocenters. The van der Waals surface area contributed by atoms with Gasteiger partial charge in [0.05, 0.1) is 5.39 Å². The van der Waals surface area contributed by atoms with Gasteiger partial charge in [-0.25, -0.2) is 0 Å². The summed E-state index contributed by atoms with van der Waals surface area (Å²) >= 11 is 0. The van der Waals surface area contributed by atoms with Crippen molar-refractivity contribution in [3.63, 3.8) is 0 Å². The number of nitrogens with zero attached hydrogens (tertiary/aromatic N) is 3. The van der Waals surface area contributed by atoms with Crippen LogP contribution in [0.1, 0.15) is 24.2 Å². The molecule has 0 saturated carbocycles. The summed E-state index contributed by atoms with van der Waals surface area (Å²) in [5.41, 5.74) is 0.659. The first-order valence-corrected chi connectivity index (χ1v) is 10.4. The van der Waals surface area contributed by atoms with E-state index in [2.05, 4.69) is 0 Å². The van der Waals surface area contributed by atoms with E-state index in [9.17, 15) is 14.8 Å². The Morgan fingerprint density at radius 1 is 1.10 bits per heavy atom. The molecule has 2 amide bonds. The minimum absolute atomic E-state index is 0.0132. The molecule has 3 aromatic rings. The van der Waals surface area contributed by atoms with Crippen LogP contribution in [-0.2, 0) is 4.79 Å². The quantitative estimate of drug-likeness (QED) is 0.520. The number of pyridine rings is 1. The van der Waals surface area contributed by atoms with E-state index in [0.717, 1.165) is 15.5 Å². The van der Waals surface area contributed by atoms with Crippen LogP contribution >= 0.6 is 0 Å². The molecule has 1 saturated heterocycles. The maximum atomic E-state index is 13.1. The highest BCUT2D eigenvalue weighted by Gasteiger charge is 2.33. The van der Waals surface area contributed by atoms with Gasteiger partial charge in [0.25, 0.3) is 11.8 Å². The van der Waals surface area contributed by atoms with Crippen molar-refractivity contribution in [2.45, 2.75) is 26.0 Å². The predicted octanol–water partition coefficient (Wildman–Crippen LogP) is 2.51. The molecule has 31 heavy (non-hydrogen) atoms. The van der Waals surface area contributed by atoms with Gasteiger partial charge in [-0.1, -0.05) is 24.3 Å². The lowest BCUT2D eigenvalue weighted by Gasteiger charge is -2.40. The van der Waals surface area contributed by atoms with Crippen LogP contribution < -0.4 is 9.47 Å². The molecule has 1 aliphatic rings. The summed E-state index contributed by atoms with van der Waals surface area (Å²) < 4.78 is 7.00. The van der Waals surface area contributed by atoms with Gasteiger partial charge >= 0.3 is 0 Å². The van der Waals surface area contributed by atoms with Crippen LogP contribution in [0.4, 0.5) is 0 Å². The third-order valence-electron chi connectivity index (χ3n) is 5.64. The maximum absolute atomic E-state index is 13.1. The first-order chi connectivity index (χ1) is 14.9. The van der Waals surface area contributed by atoms with E-state index in [1.54, 1.807) is 29.0 Å². The SMILES string of the molecule is C[C@H](Oc1cccc2c[n+](O)ccc12)C(=O)N1CCN(C(=O)c2ccccc2)C[C@H]1C. The Labute approximate surface area is 181 Å². The van der Waals surface area contributed by atoms with Crippen molar-refractivity contribution in [3.05, 3.63) is 72.6 Å². The molecular formula is C24H26N3O4+. The summed E-state index contributed by atoms with van der Waals surface area (Å²) in [7, 11) is 0. The highest BCUT2D eigenvalue weighted by Crippen LogP contribution is 2.26. The first-order valence-electron chi connectivity index (χ1n) is 10.4. The first kappa shape index (κ1) is 20.7. The molecule has 2 heterocycles. The fourth-order valence-corrected chi connectivity index (χ4v) is 4.00. The largest absolute Gasteiger partial charge is 0.480 e. The Hall–Kier alpha value is -3.61. The maximum Gasteiger partial charge on any atom is 0.263 e. The van der Waals surface area contributed by atoms with Gasteiger partial charge in [-0.15, -0.1) is 0 Å². The average Bonchev–Trinajstić information content (AvgIpc) is 2.78. The molecular weight excluding hydrogens is 394 g/mol. The number of hydrogen-bond acceptors (Lipinski definition) is 4. The Bertz CT molecular complexity index is 1100. The Morgan fingerprint density at radius 3 is 2.61 bits per heavy atom. The van der Waals surface area contributed by atoms with E-state index in [4.69, 9.17) is 4.74 Å². The van der Waals surface area contributed by atoms with Gasteiger partial charge in [-0.3, -0.25) is 14.8 Å². The summed E-state index contributed by atoms with van der Waals surface area (Å²) in [5, 5.41) is 11.2. The van der Waals surface area contributed by atoms with Crippen molar-refractivity contribution >= 4 is 22.6 Å². The second-order valence-electron chi connectivity index (χ2n) is 7.84. The lowest BCUT2D eigenvalue weighted by atomic mass is 10.1. The molecule has 1 aliphatic heterocycles. The monoisotopic (exact) mass is 420 g/mol. The molecule has 0 spiro atoms. The number of piperazine rings is 1. The van der Waals surface area contributed by atoms with E-state index >= 15 is 0 Å². The molecule has 7 heteroatoms. The number of amides is 2. The van der Waals surface area contributed by atoms with Gasteiger partial charge in [0.15, 0.2) is 6.10 Å². The topological polar surface area (TPSA) is 74.0 Å².